The van der Waals surface area contributed by atoms with Crippen LogP contribution in [-0.4, -0.2) is 12.4 Å². The average Bonchev–Trinajstić information content (AvgIpc) is 2.18. The van der Waals surface area contributed by atoms with Crippen LogP contribution in [0, 0.1) is 6.92 Å². The fourth-order valence-corrected chi connectivity index (χ4v) is 1.17. The number of hydrogen-bond acceptors (Lipinski definition) is 2. The summed E-state index contributed by atoms with van der Waals surface area (Å²) >= 11 is 0. The van der Waals surface area contributed by atoms with Crippen molar-refractivity contribution in [1.82, 2.24) is 0 Å². The van der Waals surface area contributed by atoms with Crippen LogP contribution in [0.2, 0.25) is 0 Å². The van der Waals surface area contributed by atoms with Crippen LogP contribution in [0.4, 0.5) is 0 Å². The standard InChI is InChI=1S/C12H16O2/c1-4-10(3)14-12-6-5-11(8-13)9(2)7-12/h5-8,10H,4H2,1-3H3. The molecule has 0 amide bonds. The SMILES string of the molecule is CCC(C)Oc1ccc(C=O)c(C)c1. The molecule has 0 saturated heterocycles. The van der Waals surface area contributed by atoms with Crippen LogP contribution in [0.1, 0.15) is 36.2 Å². The van der Waals surface area contributed by atoms with Gasteiger partial charge in [0.05, 0.1) is 6.10 Å². The lowest BCUT2D eigenvalue weighted by molar-refractivity contribution is 0.112. The zero-order valence-corrected chi connectivity index (χ0v) is 8.91. The number of ether oxygens (including phenoxy) is 1. The highest BCUT2D eigenvalue weighted by atomic mass is 16.5. The number of carbonyl (C=O) groups is 1. The number of aldehydes is 1. The molecule has 14 heavy (non-hydrogen) atoms. The van der Waals surface area contributed by atoms with Gasteiger partial charge in [-0.2, -0.15) is 0 Å². The van der Waals surface area contributed by atoms with E-state index < -0.39 is 0 Å². The van der Waals surface area contributed by atoms with E-state index in [9.17, 15) is 4.79 Å². The van der Waals surface area contributed by atoms with Gasteiger partial charge in [-0.1, -0.05) is 6.92 Å². The average molecular weight is 192 g/mol. The molecule has 76 valence electrons. The molecule has 0 aliphatic carbocycles. The zero-order valence-electron chi connectivity index (χ0n) is 8.91. The van der Waals surface area contributed by atoms with Crippen molar-refractivity contribution in [2.75, 3.05) is 0 Å². The van der Waals surface area contributed by atoms with Crippen LogP contribution in [0.25, 0.3) is 0 Å². The Balaban J connectivity index is 2.81. The molecular weight excluding hydrogens is 176 g/mol. The number of rotatable bonds is 4. The van der Waals surface area contributed by atoms with Crippen molar-refractivity contribution in [3.8, 4) is 5.75 Å². The number of carbonyl (C=O) groups excluding carboxylic acids is 1. The van der Waals surface area contributed by atoms with Crippen molar-refractivity contribution >= 4 is 6.29 Å². The first-order chi connectivity index (χ1) is 6.67. The summed E-state index contributed by atoms with van der Waals surface area (Å²) in [7, 11) is 0. The summed E-state index contributed by atoms with van der Waals surface area (Å²) in [5.74, 6) is 0.836. The van der Waals surface area contributed by atoms with E-state index in [1.54, 1.807) is 6.07 Å². The van der Waals surface area contributed by atoms with E-state index in [2.05, 4.69) is 6.92 Å². The fraction of sp³-hybridized carbons (Fsp3) is 0.417. The van der Waals surface area contributed by atoms with E-state index in [1.165, 1.54) is 0 Å². The molecule has 0 fully saturated rings. The molecule has 0 aliphatic rings. The van der Waals surface area contributed by atoms with Gasteiger partial charge in [-0.25, -0.2) is 0 Å². The topological polar surface area (TPSA) is 26.3 Å². The van der Waals surface area contributed by atoms with Gasteiger partial charge in [-0.15, -0.1) is 0 Å². The molecule has 1 unspecified atom stereocenters. The van der Waals surface area contributed by atoms with Crippen LogP contribution in [0.15, 0.2) is 18.2 Å². The smallest absolute Gasteiger partial charge is 0.150 e. The van der Waals surface area contributed by atoms with Gasteiger partial charge in [0, 0.05) is 5.56 Å². The van der Waals surface area contributed by atoms with Crippen LogP contribution >= 0.6 is 0 Å². The van der Waals surface area contributed by atoms with E-state index in [-0.39, 0.29) is 6.10 Å². The number of hydrogen-bond donors (Lipinski definition) is 0. The van der Waals surface area contributed by atoms with Crippen LogP contribution in [0.5, 0.6) is 5.75 Å². The first-order valence-corrected chi connectivity index (χ1v) is 4.89. The lowest BCUT2D eigenvalue weighted by Gasteiger charge is -2.13. The maximum Gasteiger partial charge on any atom is 0.150 e. The maximum absolute atomic E-state index is 10.6. The van der Waals surface area contributed by atoms with Crippen molar-refractivity contribution in [1.29, 1.82) is 0 Å². The van der Waals surface area contributed by atoms with E-state index in [0.29, 0.717) is 0 Å². The van der Waals surface area contributed by atoms with Crippen LogP contribution < -0.4 is 4.74 Å². The van der Waals surface area contributed by atoms with E-state index >= 15 is 0 Å². The Bertz CT molecular complexity index is 318. The Morgan fingerprint density at radius 2 is 2.21 bits per heavy atom. The molecule has 0 aliphatic heterocycles. The molecular formula is C12H16O2. The molecule has 2 heteroatoms. The van der Waals surface area contributed by atoms with Gasteiger partial charge < -0.3 is 4.74 Å². The van der Waals surface area contributed by atoms with E-state index in [4.69, 9.17) is 4.74 Å². The zero-order chi connectivity index (χ0) is 10.6. The summed E-state index contributed by atoms with van der Waals surface area (Å²) in [6, 6.07) is 5.53. The monoisotopic (exact) mass is 192 g/mol. The molecule has 1 aromatic carbocycles. The summed E-state index contributed by atoms with van der Waals surface area (Å²) in [6.45, 7) is 6.02. The molecule has 0 heterocycles. The first-order valence-electron chi connectivity index (χ1n) is 4.89. The summed E-state index contributed by atoms with van der Waals surface area (Å²) < 4.78 is 5.63. The fourth-order valence-electron chi connectivity index (χ4n) is 1.17. The minimum absolute atomic E-state index is 0.219. The predicted molar refractivity (Wildman–Crippen MR) is 56.9 cm³/mol. The molecule has 1 rings (SSSR count). The van der Waals surface area contributed by atoms with E-state index in [1.807, 2.05) is 26.0 Å². The van der Waals surface area contributed by atoms with Gasteiger partial charge >= 0.3 is 0 Å². The molecule has 1 atom stereocenters. The second-order valence-corrected chi connectivity index (χ2v) is 3.47. The Hall–Kier alpha value is -1.31. The highest BCUT2D eigenvalue weighted by molar-refractivity contribution is 5.77. The van der Waals surface area contributed by atoms with Gasteiger partial charge in [0.25, 0.3) is 0 Å². The molecule has 2 nitrogen and oxygen atoms in total. The Labute approximate surface area is 84.9 Å². The van der Waals surface area contributed by atoms with Gasteiger partial charge in [0.2, 0.25) is 0 Å². The minimum atomic E-state index is 0.219. The van der Waals surface area contributed by atoms with Crippen LogP contribution in [-0.2, 0) is 0 Å². The first kappa shape index (κ1) is 10.8. The van der Waals surface area contributed by atoms with Gasteiger partial charge in [0.1, 0.15) is 12.0 Å². The largest absolute Gasteiger partial charge is 0.491 e. The van der Waals surface area contributed by atoms with Crippen molar-refractivity contribution in [3.63, 3.8) is 0 Å². The molecule has 0 saturated carbocycles. The van der Waals surface area contributed by atoms with Gasteiger partial charge in [-0.05, 0) is 44.0 Å². The normalized spacial score (nSPS) is 12.2. The van der Waals surface area contributed by atoms with Crippen molar-refractivity contribution in [2.45, 2.75) is 33.3 Å². The summed E-state index contributed by atoms with van der Waals surface area (Å²) in [5.41, 5.74) is 1.68. The molecule has 1 aromatic rings. The van der Waals surface area contributed by atoms with Crippen molar-refractivity contribution < 1.29 is 9.53 Å². The molecule has 0 spiro atoms. The second kappa shape index (κ2) is 4.80. The van der Waals surface area contributed by atoms with Gasteiger partial charge in [0.15, 0.2) is 0 Å². The lowest BCUT2D eigenvalue weighted by atomic mass is 10.1. The predicted octanol–water partition coefficient (Wildman–Crippen LogP) is 2.98. The highest BCUT2D eigenvalue weighted by Crippen LogP contribution is 2.17. The quantitative estimate of drug-likeness (QED) is 0.685. The third-order valence-corrected chi connectivity index (χ3v) is 2.28. The van der Waals surface area contributed by atoms with E-state index in [0.717, 1.165) is 29.6 Å². The summed E-state index contributed by atoms with van der Waals surface area (Å²) in [5, 5.41) is 0. The maximum atomic E-state index is 10.6. The number of aryl methyl sites for hydroxylation is 1. The second-order valence-electron chi connectivity index (χ2n) is 3.47. The molecule has 0 radical (unpaired) electrons. The summed E-state index contributed by atoms with van der Waals surface area (Å²) in [6.07, 6.45) is 2.06. The molecule has 0 aromatic heterocycles. The Kier molecular flexibility index (Phi) is 3.69. The van der Waals surface area contributed by atoms with Gasteiger partial charge in [-0.3, -0.25) is 4.79 Å². The molecule has 0 N–H and O–H groups in total. The van der Waals surface area contributed by atoms with Crippen molar-refractivity contribution in [3.05, 3.63) is 29.3 Å². The third-order valence-electron chi connectivity index (χ3n) is 2.28. The Morgan fingerprint density at radius 3 is 2.71 bits per heavy atom. The Morgan fingerprint density at radius 1 is 1.50 bits per heavy atom. The number of benzene rings is 1. The minimum Gasteiger partial charge on any atom is -0.491 e. The lowest BCUT2D eigenvalue weighted by Crippen LogP contribution is -2.09. The van der Waals surface area contributed by atoms with Crippen LogP contribution in [0.3, 0.4) is 0 Å². The highest BCUT2D eigenvalue weighted by Gasteiger charge is 2.03. The van der Waals surface area contributed by atoms with Crippen molar-refractivity contribution in [2.24, 2.45) is 0 Å². The third kappa shape index (κ3) is 2.59. The summed E-state index contributed by atoms with van der Waals surface area (Å²) in [4.78, 5) is 10.6. The molecule has 0 bridgehead atoms.